The van der Waals surface area contributed by atoms with Crippen LogP contribution in [0.3, 0.4) is 0 Å². The smallest absolute Gasteiger partial charge is 0.240 e. The Hall–Kier alpha value is -1.93. The van der Waals surface area contributed by atoms with E-state index in [2.05, 4.69) is 10.5 Å². The van der Waals surface area contributed by atoms with Crippen LogP contribution in [-0.4, -0.2) is 54.0 Å². The quantitative estimate of drug-likeness (QED) is 0.836. The Kier molecular flexibility index (Phi) is 4.35. The minimum atomic E-state index is -1.20. The molecule has 0 radical (unpaired) electrons. The van der Waals surface area contributed by atoms with E-state index in [4.69, 9.17) is 14.0 Å². The summed E-state index contributed by atoms with van der Waals surface area (Å²) in [4.78, 5) is 27.0. The highest BCUT2D eigenvalue weighted by Gasteiger charge is 2.45. The van der Waals surface area contributed by atoms with Crippen LogP contribution < -0.4 is 5.32 Å². The zero-order chi connectivity index (χ0) is 17.4. The zero-order valence-corrected chi connectivity index (χ0v) is 14.3. The van der Waals surface area contributed by atoms with Gasteiger partial charge in [0.25, 0.3) is 0 Å². The maximum absolute atomic E-state index is 12.8. The van der Waals surface area contributed by atoms with Gasteiger partial charge in [-0.3, -0.25) is 9.59 Å². The molecule has 3 rings (SSSR count). The third-order valence-corrected chi connectivity index (χ3v) is 4.60. The Bertz CT molecular complexity index is 623. The fourth-order valence-electron chi connectivity index (χ4n) is 3.03. The van der Waals surface area contributed by atoms with Crippen molar-refractivity contribution < 1.29 is 23.6 Å². The first-order valence-corrected chi connectivity index (χ1v) is 8.14. The normalized spacial score (nSPS) is 20.4. The molecule has 2 amide bonds. The second-order valence-corrected chi connectivity index (χ2v) is 6.80. The lowest BCUT2D eigenvalue weighted by Crippen LogP contribution is -2.53. The molecular weight excluding hydrogens is 314 g/mol. The van der Waals surface area contributed by atoms with Crippen molar-refractivity contribution in [3.63, 3.8) is 0 Å². The van der Waals surface area contributed by atoms with E-state index in [0.717, 1.165) is 0 Å². The number of ether oxygens (including phenoxy) is 2. The van der Waals surface area contributed by atoms with Gasteiger partial charge < -0.3 is 24.2 Å². The van der Waals surface area contributed by atoms with Crippen molar-refractivity contribution in [2.45, 2.75) is 39.4 Å². The number of carbonyl (C=O) groups is 2. The minimum absolute atomic E-state index is 0.215. The zero-order valence-electron chi connectivity index (χ0n) is 14.3. The molecule has 24 heavy (non-hydrogen) atoms. The lowest BCUT2D eigenvalue weighted by atomic mass is 9.89. The van der Waals surface area contributed by atoms with Crippen LogP contribution >= 0.6 is 0 Å². The topological polar surface area (TPSA) is 93.9 Å². The van der Waals surface area contributed by atoms with Crippen LogP contribution in [0.1, 0.15) is 32.4 Å². The van der Waals surface area contributed by atoms with Crippen LogP contribution in [0.15, 0.2) is 10.6 Å². The van der Waals surface area contributed by atoms with Gasteiger partial charge in [0.1, 0.15) is 11.2 Å². The van der Waals surface area contributed by atoms with Gasteiger partial charge in [0.05, 0.1) is 13.2 Å². The molecule has 2 aliphatic rings. The van der Waals surface area contributed by atoms with Gasteiger partial charge in [0.2, 0.25) is 11.8 Å². The molecule has 0 aromatic carbocycles. The summed E-state index contributed by atoms with van der Waals surface area (Å²) in [5.41, 5.74) is -1.20. The van der Waals surface area contributed by atoms with E-state index in [1.807, 2.05) is 0 Å². The number of nitrogens with zero attached hydrogens (tertiary/aromatic N) is 2. The van der Waals surface area contributed by atoms with Crippen molar-refractivity contribution in [3.05, 3.63) is 11.8 Å². The third kappa shape index (κ3) is 3.16. The van der Waals surface area contributed by atoms with Crippen LogP contribution in [0.4, 0.5) is 5.82 Å². The second-order valence-electron chi connectivity index (χ2n) is 6.80. The van der Waals surface area contributed by atoms with Crippen molar-refractivity contribution in [1.29, 1.82) is 0 Å². The number of anilines is 1. The molecule has 2 aliphatic heterocycles. The van der Waals surface area contributed by atoms with E-state index in [-0.39, 0.29) is 5.91 Å². The molecule has 1 aromatic rings. The van der Waals surface area contributed by atoms with Crippen molar-refractivity contribution in [1.82, 2.24) is 10.1 Å². The molecule has 1 spiro atoms. The summed E-state index contributed by atoms with van der Waals surface area (Å²) in [6, 6.07) is 1.61. The lowest BCUT2D eigenvalue weighted by Gasteiger charge is -2.40. The highest BCUT2D eigenvalue weighted by molar-refractivity contribution is 6.09. The number of likely N-dealkylation sites (tertiary alicyclic amines) is 1. The number of piperidine rings is 1. The van der Waals surface area contributed by atoms with E-state index in [9.17, 15) is 9.59 Å². The third-order valence-electron chi connectivity index (χ3n) is 4.60. The van der Waals surface area contributed by atoms with Crippen LogP contribution in [-0.2, 0) is 19.1 Å². The number of nitrogens with one attached hydrogen (secondary N) is 1. The Labute approximate surface area is 140 Å². The number of carbonyl (C=O) groups excluding carboxylic acids is 2. The van der Waals surface area contributed by atoms with E-state index in [0.29, 0.717) is 50.7 Å². The van der Waals surface area contributed by atoms with Gasteiger partial charge in [0, 0.05) is 32.0 Å². The Morgan fingerprint density at radius 3 is 2.42 bits per heavy atom. The molecule has 8 heteroatoms. The number of hydrogen-bond donors (Lipinski definition) is 1. The van der Waals surface area contributed by atoms with E-state index in [1.54, 1.807) is 31.7 Å². The molecule has 0 saturated carbocycles. The standard InChI is InChI=1S/C16H23N3O5/c1-11-10-12(18-24-11)17-13(20)15(2,3)14(21)19-6-4-16(5-7-19)22-8-9-23-16/h10H,4-9H2,1-3H3,(H,17,18,20). The molecule has 0 bridgehead atoms. The Balaban J connectivity index is 1.61. The summed E-state index contributed by atoms with van der Waals surface area (Å²) in [7, 11) is 0. The van der Waals surface area contributed by atoms with E-state index < -0.39 is 17.1 Å². The first kappa shape index (κ1) is 16.9. The number of hydrogen-bond acceptors (Lipinski definition) is 6. The fraction of sp³-hybridized carbons (Fsp3) is 0.688. The molecule has 8 nitrogen and oxygen atoms in total. The first-order chi connectivity index (χ1) is 11.3. The molecule has 1 N–H and O–H groups in total. The summed E-state index contributed by atoms with van der Waals surface area (Å²) < 4.78 is 16.3. The summed E-state index contributed by atoms with van der Waals surface area (Å²) in [6.45, 7) is 7.18. The monoisotopic (exact) mass is 337 g/mol. The predicted octanol–water partition coefficient (Wildman–Crippen LogP) is 1.31. The van der Waals surface area contributed by atoms with Crippen molar-refractivity contribution in [3.8, 4) is 0 Å². The molecule has 3 heterocycles. The summed E-state index contributed by atoms with van der Waals surface area (Å²) >= 11 is 0. The van der Waals surface area contributed by atoms with E-state index >= 15 is 0 Å². The van der Waals surface area contributed by atoms with Gasteiger partial charge in [-0.1, -0.05) is 5.16 Å². The van der Waals surface area contributed by atoms with Gasteiger partial charge in [-0.25, -0.2) is 0 Å². The largest absolute Gasteiger partial charge is 0.360 e. The molecule has 0 atom stereocenters. The SMILES string of the molecule is Cc1cc(NC(=O)C(C)(C)C(=O)N2CCC3(CC2)OCCO3)no1. The van der Waals surface area contributed by atoms with Gasteiger partial charge in [-0.2, -0.15) is 0 Å². The molecule has 132 valence electrons. The van der Waals surface area contributed by atoms with E-state index in [1.165, 1.54) is 0 Å². The average molecular weight is 337 g/mol. The highest BCUT2D eigenvalue weighted by atomic mass is 16.7. The second kappa shape index (κ2) is 6.18. The summed E-state index contributed by atoms with van der Waals surface area (Å²) in [5.74, 6) is -0.264. The minimum Gasteiger partial charge on any atom is -0.360 e. The van der Waals surface area contributed by atoms with Crippen molar-refractivity contribution >= 4 is 17.6 Å². The lowest BCUT2D eigenvalue weighted by molar-refractivity contribution is -0.189. The molecular formula is C16H23N3O5. The summed E-state index contributed by atoms with van der Waals surface area (Å²) in [6.07, 6.45) is 1.25. The number of rotatable bonds is 3. The maximum atomic E-state index is 12.8. The average Bonchev–Trinajstić information content (AvgIpc) is 3.17. The van der Waals surface area contributed by atoms with Crippen LogP contribution in [0.25, 0.3) is 0 Å². The van der Waals surface area contributed by atoms with Crippen molar-refractivity contribution in [2.24, 2.45) is 5.41 Å². The van der Waals surface area contributed by atoms with Crippen LogP contribution in [0, 0.1) is 12.3 Å². The Morgan fingerprint density at radius 1 is 1.25 bits per heavy atom. The fourth-order valence-corrected chi connectivity index (χ4v) is 3.03. The molecule has 2 saturated heterocycles. The molecule has 0 unspecified atom stereocenters. The van der Waals surface area contributed by atoms with Gasteiger partial charge in [0.15, 0.2) is 11.6 Å². The Morgan fingerprint density at radius 2 is 1.88 bits per heavy atom. The summed E-state index contributed by atoms with van der Waals surface area (Å²) in [5, 5.41) is 6.36. The molecule has 2 fully saturated rings. The first-order valence-electron chi connectivity index (χ1n) is 8.14. The van der Waals surface area contributed by atoms with Gasteiger partial charge in [-0.05, 0) is 20.8 Å². The highest BCUT2D eigenvalue weighted by Crippen LogP contribution is 2.33. The van der Waals surface area contributed by atoms with Crippen LogP contribution in [0.5, 0.6) is 0 Å². The van der Waals surface area contributed by atoms with Crippen molar-refractivity contribution in [2.75, 3.05) is 31.6 Å². The maximum Gasteiger partial charge on any atom is 0.240 e. The van der Waals surface area contributed by atoms with Crippen LogP contribution in [0.2, 0.25) is 0 Å². The number of aromatic nitrogens is 1. The van der Waals surface area contributed by atoms with Gasteiger partial charge in [-0.15, -0.1) is 0 Å². The molecule has 0 aliphatic carbocycles. The van der Waals surface area contributed by atoms with Gasteiger partial charge >= 0.3 is 0 Å². The molecule has 1 aromatic heterocycles. The number of amides is 2. The number of aryl methyl sites for hydroxylation is 1. The predicted molar refractivity (Wildman–Crippen MR) is 84.1 cm³/mol.